The van der Waals surface area contributed by atoms with Crippen molar-refractivity contribution in [3.05, 3.63) is 143 Å². The Morgan fingerprint density at radius 3 is 1.24 bits per heavy atom. The first-order valence-corrected chi connectivity index (χ1v) is 21.4. The lowest BCUT2D eigenvalue weighted by Gasteiger charge is -2.19. The Balaban J connectivity index is 0.000000186. The maximum Gasteiger partial charge on any atom is 0.179 e. The van der Waals surface area contributed by atoms with Crippen LogP contribution >= 0.6 is 0 Å². The molecule has 2 atom stereocenters. The number of nitrogens with zero attached hydrogens (tertiary/aromatic N) is 10. The summed E-state index contributed by atoms with van der Waals surface area (Å²) in [6.45, 7) is 12.5. The number of fused-ring (bicyclic) bond motifs is 2. The van der Waals surface area contributed by atoms with E-state index in [1.807, 2.05) is 97.6 Å². The van der Waals surface area contributed by atoms with Crippen LogP contribution in [0.2, 0.25) is 0 Å². The minimum atomic E-state index is 0.0234. The van der Waals surface area contributed by atoms with E-state index in [2.05, 4.69) is 121 Å². The van der Waals surface area contributed by atoms with Gasteiger partial charge in [0.15, 0.2) is 11.6 Å². The van der Waals surface area contributed by atoms with Gasteiger partial charge in [0.1, 0.15) is 34.7 Å². The van der Waals surface area contributed by atoms with Crippen LogP contribution in [0.15, 0.2) is 109 Å². The van der Waals surface area contributed by atoms with Crippen molar-refractivity contribution in [2.45, 2.75) is 79.4 Å². The van der Waals surface area contributed by atoms with Crippen molar-refractivity contribution in [1.29, 1.82) is 0 Å². The van der Waals surface area contributed by atoms with E-state index in [9.17, 15) is 0 Å². The van der Waals surface area contributed by atoms with Crippen LogP contribution in [-0.4, -0.2) is 68.1 Å². The maximum atomic E-state index is 6.43. The van der Waals surface area contributed by atoms with E-state index in [0.29, 0.717) is 0 Å². The van der Waals surface area contributed by atoms with Gasteiger partial charge in [-0.25, -0.2) is 9.36 Å². The van der Waals surface area contributed by atoms with Crippen LogP contribution in [0, 0.1) is 27.7 Å². The molecule has 0 N–H and O–H groups in total. The van der Waals surface area contributed by atoms with Gasteiger partial charge in [-0.2, -0.15) is 20.4 Å². The van der Waals surface area contributed by atoms with Crippen molar-refractivity contribution in [2.24, 2.45) is 0 Å². The second kappa shape index (κ2) is 19.3. The van der Waals surface area contributed by atoms with Gasteiger partial charge >= 0.3 is 0 Å². The van der Waals surface area contributed by atoms with Gasteiger partial charge in [-0.15, -0.1) is 10.2 Å². The molecule has 12 nitrogen and oxygen atoms in total. The standard InChI is InChI=1S/2C25H29N5O/c2*1-6-11-22(19-12-8-7-9-13-19)31-21-15-10-14-20(16-21)30-18(3)23-17(2)26-27-25(29(4)5)24(23)28-30/h2*7-10,12-16,22H,6,11H2,1-5H3/t2*22-/m10/s1. The average molecular weight is 831 g/mol. The first kappa shape index (κ1) is 43.3. The third-order valence-electron chi connectivity index (χ3n) is 10.9. The normalized spacial score (nSPS) is 12.2. The predicted octanol–water partition coefficient (Wildman–Crippen LogP) is 10.8. The highest BCUT2D eigenvalue weighted by atomic mass is 16.5. The molecule has 0 amide bonds. The zero-order valence-corrected chi connectivity index (χ0v) is 37.7. The topological polar surface area (TPSA) is 112 Å². The lowest BCUT2D eigenvalue weighted by Crippen LogP contribution is -2.12. The molecule has 8 aromatic rings. The smallest absolute Gasteiger partial charge is 0.179 e. The van der Waals surface area contributed by atoms with E-state index >= 15 is 0 Å². The molecule has 8 rings (SSSR count). The summed E-state index contributed by atoms with van der Waals surface area (Å²) in [5.41, 5.74) is 9.85. The van der Waals surface area contributed by atoms with E-state index in [0.717, 1.165) is 105 Å². The van der Waals surface area contributed by atoms with Gasteiger partial charge in [0.05, 0.1) is 44.9 Å². The van der Waals surface area contributed by atoms with Crippen molar-refractivity contribution in [3.8, 4) is 22.9 Å². The molecular weight excluding hydrogens is 773 g/mol. The summed E-state index contributed by atoms with van der Waals surface area (Å²) in [7, 11) is 7.83. The summed E-state index contributed by atoms with van der Waals surface area (Å²) >= 11 is 0. The van der Waals surface area contributed by atoms with Crippen LogP contribution in [0.5, 0.6) is 11.5 Å². The Morgan fingerprint density at radius 1 is 0.500 bits per heavy atom. The minimum absolute atomic E-state index is 0.0234. The Bertz CT molecular complexity index is 2560. The molecule has 0 unspecified atom stereocenters. The molecule has 0 aliphatic rings. The quantitative estimate of drug-likeness (QED) is 0.105. The number of ether oxygens (including phenoxy) is 2. The van der Waals surface area contributed by atoms with Crippen LogP contribution in [-0.2, 0) is 0 Å². The van der Waals surface area contributed by atoms with Gasteiger partial charge in [0.2, 0.25) is 0 Å². The number of benzene rings is 4. The molecule has 4 heterocycles. The number of hydrogen-bond acceptors (Lipinski definition) is 10. The molecule has 4 aromatic heterocycles. The number of hydrogen-bond donors (Lipinski definition) is 0. The van der Waals surface area contributed by atoms with Crippen molar-refractivity contribution in [3.63, 3.8) is 0 Å². The van der Waals surface area contributed by atoms with E-state index in [1.54, 1.807) is 0 Å². The van der Waals surface area contributed by atoms with Gasteiger partial charge in [-0.05, 0) is 75.9 Å². The molecule has 0 fully saturated rings. The Kier molecular flexibility index (Phi) is 13.4. The van der Waals surface area contributed by atoms with E-state index in [1.165, 1.54) is 11.1 Å². The van der Waals surface area contributed by atoms with Gasteiger partial charge < -0.3 is 19.3 Å². The summed E-state index contributed by atoms with van der Waals surface area (Å²) in [5.74, 6) is 3.20. The fourth-order valence-electron chi connectivity index (χ4n) is 7.88. The largest absolute Gasteiger partial charge is 0.486 e. The van der Waals surface area contributed by atoms with Crippen molar-refractivity contribution < 1.29 is 9.47 Å². The molecule has 0 aliphatic heterocycles. The summed E-state index contributed by atoms with van der Waals surface area (Å²) in [6, 6.07) is 37.0. The second-order valence-electron chi connectivity index (χ2n) is 16.1. The molecule has 62 heavy (non-hydrogen) atoms. The molecule has 0 saturated carbocycles. The minimum Gasteiger partial charge on any atom is -0.486 e. The Hall–Kier alpha value is -6.82. The zero-order chi connectivity index (χ0) is 43.9. The fraction of sp³-hybridized carbons (Fsp3) is 0.320. The first-order chi connectivity index (χ1) is 30.0. The van der Waals surface area contributed by atoms with Crippen LogP contribution in [0.3, 0.4) is 0 Å². The van der Waals surface area contributed by atoms with Gasteiger partial charge in [0, 0.05) is 40.3 Å². The molecule has 0 saturated heterocycles. The molecule has 0 radical (unpaired) electrons. The van der Waals surface area contributed by atoms with Gasteiger partial charge in [-0.1, -0.05) is 99.5 Å². The molecular formula is C50H58N10O2. The molecule has 0 bridgehead atoms. The van der Waals surface area contributed by atoms with Crippen molar-refractivity contribution >= 4 is 33.4 Å². The van der Waals surface area contributed by atoms with E-state index in [-0.39, 0.29) is 12.2 Å². The van der Waals surface area contributed by atoms with E-state index < -0.39 is 0 Å². The predicted molar refractivity (Wildman–Crippen MR) is 250 cm³/mol. The number of aromatic nitrogens is 8. The second-order valence-corrected chi connectivity index (χ2v) is 16.1. The highest BCUT2D eigenvalue weighted by Crippen LogP contribution is 2.33. The molecule has 320 valence electrons. The summed E-state index contributed by atoms with van der Waals surface area (Å²) < 4.78 is 16.8. The highest BCUT2D eigenvalue weighted by molar-refractivity contribution is 5.93. The SMILES string of the molecule is CCC[C@@H](Oc1cccc(-n2nc3c(N(C)C)nnc(C)c3c2C)c1)c1ccccc1.CCC[C@H](Oc1cccc(-n2nc3c(N(C)C)nnc(C)c3c2C)c1)c1ccccc1. The average Bonchev–Trinajstić information content (AvgIpc) is 3.82. The van der Waals surface area contributed by atoms with Crippen molar-refractivity contribution in [2.75, 3.05) is 38.0 Å². The summed E-state index contributed by atoms with van der Waals surface area (Å²) in [4.78, 5) is 3.89. The molecule has 0 aliphatic carbocycles. The first-order valence-electron chi connectivity index (χ1n) is 21.4. The van der Waals surface area contributed by atoms with Crippen LogP contribution in [0.25, 0.3) is 33.2 Å². The summed E-state index contributed by atoms with van der Waals surface area (Å²) in [6.07, 6.45) is 4.07. The number of rotatable bonds is 14. The van der Waals surface area contributed by atoms with Crippen LogP contribution in [0.1, 0.15) is 85.6 Å². The van der Waals surface area contributed by atoms with Crippen LogP contribution < -0.4 is 19.3 Å². The van der Waals surface area contributed by atoms with Crippen LogP contribution in [0.4, 0.5) is 11.6 Å². The molecule has 4 aromatic carbocycles. The third kappa shape index (κ3) is 9.24. The van der Waals surface area contributed by atoms with E-state index in [4.69, 9.17) is 19.7 Å². The van der Waals surface area contributed by atoms with Crippen molar-refractivity contribution in [1.82, 2.24) is 40.0 Å². The van der Waals surface area contributed by atoms with Gasteiger partial charge in [0.25, 0.3) is 0 Å². The lowest BCUT2D eigenvalue weighted by atomic mass is 10.1. The Labute approximate surface area is 365 Å². The lowest BCUT2D eigenvalue weighted by molar-refractivity contribution is 0.193. The fourth-order valence-corrected chi connectivity index (χ4v) is 7.88. The monoisotopic (exact) mass is 830 g/mol. The zero-order valence-electron chi connectivity index (χ0n) is 37.7. The molecule has 12 heteroatoms. The number of aryl methyl sites for hydroxylation is 4. The third-order valence-corrected chi connectivity index (χ3v) is 10.9. The maximum absolute atomic E-state index is 6.43. The number of anilines is 2. The summed E-state index contributed by atoms with van der Waals surface area (Å²) in [5, 5.41) is 29.2. The van der Waals surface area contributed by atoms with Gasteiger partial charge in [-0.3, -0.25) is 0 Å². The highest BCUT2D eigenvalue weighted by Gasteiger charge is 2.21. The molecule has 0 spiro atoms. The Morgan fingerprint density at radius 2 is 0.887 bits per heavy atom.